The van der Waals surface area contributed by atoms with Crippen LogP contribution in [0.3, 0.4) is 0 Å². The second-order valence-corrected chi connectivity index (χ2v) is 4.26. The number of hydrogen-bond acceptors (Lipinski definition) is 6. The summed E-state index contributed by atoms with van der Waals surface area (Å²) in [7, 11) is 0. The first-order valence-corrected chi connectivity index (χ1v) is 6.02. The van der Waals surface area contributed by atoms with Crippen molar-refractivity contribution < 1.29 is 4.92 Å². The lowest BCUT2D eigenvalue weighted by atomic mass is 10.2. The van der Waals surface area contributed by atoms with Crippen LogP contribution in [-0.2, 0) is 0 Å². The Morgan fingerprint density at radius 3 is 2.57 bits per heavy atom. The summed E-state index contributed by atoms with van der Waals surface area (Å²) in [5.74, 6) is 0.861. The molecule has 0 bridgehead atoms. The average Bonchev–Trinajstić information content (AvgIpc) is 2.97. The Morgan fingerprint density at radius 2 is 1.90 bits per heavy atom. The van der Waals surface area contributed by atoms with E-state index in [1.807, 2.05) is 0 Å². The highest BCUT2D eigenvalue weighted by Gasteiger charge is 2.09. The molecule has 0 unspecified atom stereocenters. The highest BCUT2D eigenvalue weighted by atomic mass is 16.6. The second-order valence-electron chi connectivity index (χ2n) is 4.26. The number of non-ortho nitro benzene ring substituents is 1. The number of nitro groups is 1. The highest BCUT2D eigenvalue weighted by molar-refractivity contribution is 5.57. The molecule has 1 aromatic carbocycles. The molecule has 0 fully saturated rings. The molecule has 0 aliphatic rings. The predicted octanol–water partition coefficient (Wildman–Crippen LogP) is 1.82. The van der Waals surface area contributed by atoms with Crippen molar-refractivity contribution in [1.82, 2.24) is 19.7 Å². The van der Waals surface area contributed by atoms with Crippen molar-refractivity contribution in [2.75, 3.05) is 5.73 Å². The molecule has 0 atom stereocenters. The van der Waals surface area contributed by atoms with Gasteiger partial charge in [0, 0.05) is 30.0 Å². The van der Waals surface area contributed by atoms with Crippen molar-refractivity contribution >= 4 is 11.5 Å². The molecule has 2 heterocycles. The Hall–Kier alpha value is -3.29. The number of pyridine rings is 1. The number of nitrogen functional groups attached to an aromatic ring is 1. The summed E-state index contributed by atoms with van der Waals surface area (Å²) < 4.78 is 1.56. The molecule has 8 nitrogen and oxygen atoms in total. The zero-order valence-corrected chi connectivity index (χ0v) is 10.7. The van der Waals surface area contributed by atoms with Crippen molar-refractivity contribution in [3.63, 3.8) is 0 Å². The average molecular weight is 282 g/mol. The van der Waals surface area contributed by atoms with Crippen molar-refractivity contribution in [3.8, 4) is 17.1 Å². The summed E-state index contributed by atoms with van der Waals surface area (Å²) >= 11 is 0. The summed E-state index contributed by atoms with van der Waals surface area (Å²) in [5, 5.41) is 14.9. The largest absolute Gasteiger partial charge is 0.384 e. The van der Waals surface area contributed by atoms with Gasteiger partial charge in [0.05, 0.1) is 10.6 Å². The summed E-state index contributed by atoms with van der Waals surface area (Å²) in [6.07, 6.45) is 3.13. The molecule has 0 spiro atoms. The molecular weight excluding hydrogens is 272 g/mol. The number of benzene rings is 1. The third-order valence-electron chi connectivity index (χ3n) is 2.86. The Labute approximate surface area is 119 Å². The van der Waals surface area contributed by atoms with Crippen molar-refractivity contribution in [1.29, 1.82) is 0 Å². The van der Waals surface area contributed by atoms with Gasteiger partial charge < -0.3 is 5.73 Å². The number of nitro benzene ring substituents is 1. The second kappa shape index (κ2) is 5.00. The van der Waals surface area contributed by atoms with Crippen LogP contribution in [0.2, 0.25) is 0 Å². The smallest absolute Gasteiger partial charge is 0.269 e. The predicted molar refractivity (Wildman–Crippen MR) is 75.7 cm³/mol. The van der Waals surface area contributed by atoms with Crippen molar-refractivity contribution in [2.24, 2.45) is 0 Å². The van der Waals surface area contributed by atoms with Gasteiger partial charge in [0.2, 0.25) is 0 Å². The van der Waals surface area contributed by atoms with E-state index in [4.69, 9.17) is 5.73 Å². The van der Waals surface area contributed by atoms with Gasteiger partial charge in [-0.1, -0.05) is 0 Å². The lowest BCUT2D eigenvalue weighted by Crippen LogP contribution is -1.98. The van der Waals surface area contributed by atoms with E-state index in [9.17, 15) is 10.1 Å². The van der Waals surface area contributed by atoms with Crippen LogP contribution in [0.25, 0.3) is 17.1 Å². The highest BCUT2D eigenvalue weighted by Crippen LogP contribution is 2.19. The van der Waals surface area contributed by atoms with E-state index >= 15 is 0 Å². The van der Waals surface area contributed by atoms with Gasteiger partial charge in [0.25, 0.3) is 5.69 Å². The van der Waals surface area contributed by atoms with Crippen LogP contribution < -0.4 is 5.73 Å². The summed E-state index contributed by atoms with van der Waals surface area (Å²) in [4.78, 5) is 18.3. The van der Waals surface area contributed by atoms with E-state index in [-0.39, 0.29) is 5.69 Å². The fourth-order valence-corrected chi connectivity index (χ4v) is 1.83. The lowest BCUT2D eigenvalue weighted by molar-refractivity contribution is -0.384. The van der Waals surface area contributed by atoms with Gasteiger partial charge in [0.15, 0.2) is 5.82 Å². The number of nitrogens with zero attached hydrogens (tertiary/aromatic N) is 5. The minimum atomic E-state index is -0.449. The SMILES string of the molecule is Nc1cc(-n2cnc(-c3ccc([N+](=O)[O-])cc3)n2)ccn1. The number of aromatic nitrogens is 4. The Morgan fingerprint density at radius 1 is 1.14 bits per heavy atom. The minimum absolute atomic E-state index is 0.0279. The summed E-state index contributed by atoms with van der Waals surface area (Å²) in [6.45, 7) is 0. The van der Waals surface area contributed by atoms with E-state index in [0.29, 0.717) is 17.2 Å². The number of rotatable bonds is 3. The molecule has 0 radical (unpaired) electrons. The van der Waals surface area contributed by atoms with Crippen LogP contribution in [0, 0.1) is 10.1 Å². The van der Waals surface area contributed by atoms with Gasteiger partial charge in [-0.2, -0.15) is 0 Å². The number of nitrogens with two attached hydrogens (primary N) is 1. The first kappa shape index (κ1) is 12.7. The molecule has 2 N–H and O–H groups in total. The molecule has 2 aromatic heterocycles. The first-order chi connectivity index (χ1) is 10.1. The van der Waals surface area contributed by atoms with Gasteiger partial charge >= 0.3 is 0 Å². The van der Waals surface area contributed by atoms with Crippen LogP contribution in [0.5, 0.6) is 0 Å². The summed E-state index contributed by atoms with van der Waals surface area (Å²) in [6, 6.07) is 9.48. The molecule has 3 aromatic rings. The van der Waals surface area contributed by atoms with Crippen LogP contribution in [0.4, 0.5) is 11.5 Å². The normalized spacial score (nSPS) is 10.5. The third-order valence-corrected chi connectivity index (χ3v) is 2.86. The molecular formula is C13H10N6O2. The molecule has 0 saturated carbocycles. The maximum atomic E-state index is 10.6. The van der Waals surface area contributed by atoms with E-state index in [1.165, 1.54) is 12.1 Å². The molecule has 8 heteroatoms. The molecule has 0 aliphatic carbocycles. The fraction of sp³-hybridized carbons (Fsp3) is 0. The monoisotopic (exact) mass is 282 g/mol. The van der Waals surface area contributed by atoms with E-state index in [2.05, 4.69) is 15.1 Å². The zero-order valence-electron chi connectivity index (χ0n) is 10.7. The van der Waals surface area contributed by atoms with Crippen LogP contribution >= 0.6 is 0 Å². The molecule has 3 rings (SSSR count). The molecule has 0 amide bonds. The van der Waals surface area contributed by atoms with Crippen LogP contribution in [0.1, 0.15) is 0 Å². The lowest BCUT2D eigenvalue weighted by Gasteiger charge is -2.00. The Balaban J connectivity index is 1.93. The van der Waals surface area contributed by atoms with Crippen molar-refractivity contribution in [3.05, 3.63) is 59.0 Å². The van der Waals surface area contributed by atoms with E-state index in [1.54, 1.807) is 41.5 Å². The maximum absolute atomic E-state index is 10.6. The fourth-order valence-electron chi connectivity index (χ4n) is 1.83. The zero-order chi connectivity index (χ0) is 14.8. The Bertz CT molecular complexity index is 796. The molecule has 0 saturated heterocycles. The molecule has 0 aliphatic heterocycles. The van der Waals surface area contributed by atoms with Gasteiger partial charge in [-0.25, -0.2) is 14.6 Å². The van der Waals surface area contributed by atoms with Gasteiger partial charge in [0.1, 0.15) is 12.1 Å². The third kappa shape index (κ3) is 2.54. The van der Waals surface area contributed by atoms with Crippen LogP contribution in [0.15, 0.2) is 48.9 Å². The van der Waals surface area contributed by atoms with Crippen LogP contribution in [-0.4, -0.2) is 24.7 Å². The topological polar surface area (TPSA) is 113 Å². The number of hydrogen-bond donors (Lipinski definition) is 1. The number of anilines is 1. The quantitative estimate of drug-likeness (QED) is 0.579. The first-order valence-electron chi connectivity index (χ1n) is 6.02. The minimum Gasteiger partial charge on any atom is -0.384 e. The molecule has 21 heavy (non-hydrogen) atoms. The van der Waals surface area contributed by atoms with Gasteiger partial charge in [-0.15, -0.1) is 5.10 Å². The molecule has 104 valence electrons. The standard InChI is InChI=1S/C13H10N6O2/c14-12-7-11(5-6-15-12)18-8-16-13(17-18)9-1-3-10(4-2-9)19(20)21/h1-8H,(H2,14,15). The Kier molecular flexibility index (Phi) is 3.03. The maximum Gasteiger partial charge on any atom is 0.269 e. The summed E-state index contributed by atoms with van der Waals surface area (Å²) in [5.41, 5.74) is 7.08. The van der Waals surface area contributed by atoms with E-state index < -0.39 is 4.92 Å². The van der Waals surface area contributed by atoms with Gasteiger partial charge in [-0.3, -0.25) is 10.1 Å². The van der Waals surface area contributed by atoms with E-state index in [0.717, 1.165) is 5.69 Å². The van der Waals surface area contributed by atoms with Crippen molar-refractivity contribution in [2.45, 2.75) is 0 Å². The van der Waals surface area contributed by atoms with Gasteiger partial charge in [-0.05, 0) is 18.2 Å².